The smallest absolute Gasteiger partial charge is 0.244 e. The second-order valence-corrected chi connectivity index (χ2v) is 6.79. The van der Waals surface area contributed by atoms with Crippen molar-refractivity contribution in [2.75, 3.05) is 19.6 Å². The number of H-pyrrole nitrogens is 1. The van der Waals surface area contributed by atoms with Crippen molar-refractivity contribution >= 4 is 22.8 Å². The molecule has 2 fully saturated rings. The fourth-order valence-electron chi connectivity index (χ4n) is 3.26. The van der Waals surface area contributed by atoms with Crippen molar-refractivity contribution in [3.63, 3.8) is 0 Å². The van der Waals surface area contributed by atoms with Gasteiger partial charge < -0.3 is 20.5 Å². The number of carbonyl (C=O) groups excluding carboxylic acids is 2. The summed E-state index contributed by atoms with van der Waals surface area (Å²) < 4.78 is 0. The Kier molecular flexibility index (Phi) is 4.40. The minimum atomic E-state index is -0.405. The van der Waals surface area contributed by atoms with Crippen LogP contribution >= 0.6 is 0 Å². The van der Waals surface area contributed by atoms with Gasteiger partial charge in [0.05, 0.1) is 11.0 Å². The van der Waals surface area contributed by atoms with Crippen LogP contribution in [0, 0.1) is 0 Å². The summed E-state index contributed by atoms with van der Waals surface area (Å²) in [5, 5.41) is 6.22. The molecule has 0 unspecified atom stereocenters. The van der Waals surface area contributed by atoms with E-state index in [0.29, 0.717) is 32.0 Å². The predicted molar refractivity (Wildman–Crippen MR) is 94.0 cm³/mol. The van der Waals surface area contributed by atoms with Crippen LogP contribution in [0.25, 0.3) is 11.0 Å². The number of rotatable bonds is 5. The molecule has 0 radical (unpaired) electrons. The molecule has 2 aliphatic rings. The zero-order chi connectivity index (χ0) is 17.2. The molecule has 25 heavy (non-hydrogen) atoms. The number of hydrogen-bond acceptors (Lipinski definition) is 4. The zero-order valence-electron chi connectivity index (χ0n) is 14.1. The van der Waals surface area contributed by atoms with Gasteiger partial charge in [0.25, 0.3) is 0 Å². The fourth-order valence-corrected chi connectivity index (χ4v) is 3.26. The Hall–Kier alpha value is -2.41. The van der Waals surface area contributed by atoms with E-state index in [1.165, 1.54) is 0 Å². The van der Waals surface area contributed by atoms with E-state index in [-0.39, 0.29) is 11.8 Å². The van der Waals surface area contributed by atoms with Crippen LogP contribution in [0.1, 0.15) is 25.1 Å². The zero-order valence-corrected chi connectivity index (χ0v) is 14.1. The maximum atomic E-state index is 12.7. The third-order valence-corrected chi connectivity index (χ3v) is 4.80. The standard InChI is InChI=1S/C18H23N5O2/c24-17(8-7-16-21-13-3-1-2-4-14(13)22-16)23-10-9-19-11-15(23)18(25)20-12-5-6-12/h1-4,12,15,19H,5-11H2,(H,20,25)(H,21,22)/t15-/m1/s1. The fraction of sp³-hybridized carbons (Fsp3) is 0.500. The molecule has 3 N–H and O–H groups in total. The molecule has 7 heteroatoms. The highest BCUT2D eigenvalue weighted by Crippen LogP contribution is 2.19. The lowest BCUT2D eigenvalue weighted by molar-refractivity contribution is -0.141. The number of imidazole rings is 1. The molecule has 132 valence electrons. The molecular weight excluding hydrogens is 318 g/mol. The van der Waals surface area contributed by atoms with Crippen molar-refractivity contribution in [2.24, 2.45) is 0 Å². The first kappa shape index (κ1) is 16.1. The van der Waals surface area contributed by atoms with Gasteiger partial charge in [-0.05, 0) is 25.0 Å². The van der Waals surface area contributed by atoms with Crippen molar-refractivity contribution in [3.05, 3.63) is 30.1 Å². The van der Waals surface area contributed by atoms with Crippen LogP contribution in [0.4, 0.5) is 0 Å². The van der Waals surface area contributed by atoms with Gasteiger partial charge in [0.2, 0.25) is 11.8 Å². The van der Waals surface area contributed by atoms with Gasteiger partial charge in [-0.25, -0.2) is 4.98 Å². The summed E-state index contributed by atoms with van der Waals surface area (Å²) in [6.07, 6.45) is 3.00. The number of aromatic nitrogens is 2. The quantitative estimate of drug-likeness (QED) is 0.742. The summed E-state index contributed by atoms with van der Waals surface area (Å²) in [6.45, 7) is 1.82. The van der Waals surface area contributed by atoms with Gasteiger partial charge in [-0.2, -0.15) is 0 Å². The van der Waals surface area contributed by atoms with Crippen LogP contribution in [0.5, 0.6) is 0 Å². The third-order valence-electron chi connectivity index (χ3n) is 4.80. The highest BCUT2D eigenvalue weighted by molar-refractivity contribution is 5.88. The lowest BCUT2D eigenvalue weighted by Crippen LogP contribution is -2.59. The van der Waals surface area contributed by atoms with Crippen molar-refractivity contribution < 1.29 is 9.59 Å². The molecule has 0 bridgehead atoms. The van der Waals surface area contributed by atoms with Crippen molar-refractivity contribution in [1.29, 1.82) is 0 Å². The van der Waals surface area contributed by atoms with Crippen LogP contribution in [0.3, 0.4) is 0 Å². The molecule has 2 heterocycles. The molecule has 7 nitrogen and oxygen atoms in total. The Bertz CT molecular complexity index is 750. The van der Waals surface area contributed by atoms with E-state index >= 15 is 0 Å². The second-order valence-electron chi connectivity index (χ2n) is 6.79. The normalized spacial score (nSPS) is 20.6. The van der Waals surface area contributed by atoms with Crippen LogP contribution in [-0.4, -0.2) is 58.4 Å². The molecule has 1 aromatic heterocycles. The molecule has 2 aromatic rings. The topological polar surface area (TPSA) is 90.1 Å². The van der Waals surface area contributed by atoms with Gasteiger partial charge in [-0.3, -0.25) is 9.59 Å². The Labute approximate surface area is 146 Å². The summed E-state index contributed by atoms with van der Waals surface area (Å²) in [6, 6.07) is 7.73. The van der Waals surface area contributed by atoms with Gasteiger partial charge in [-0.15, -0.1) is 0 Å². The lowest BCUT2D eigenvalue weighted by atomic mass is 10.1. The summed E-state index contributed by atoms with van der Waals surface area (Å²) in [5.74, 6) is 0.786. The second kappa shape index (κ2) is 6.84. The van der Waals surface area contributed by atoms with Crippen LogP contribution in [0.2, 0.25) is 0 Å². The number of benzene rings is 1. The minimum Gasteiger partial charge on any atom is -0.352 e. The molecular formula is C18H23N5O2. The van der Waals surface area contributed by atoms with E-state index in [4.69, 9.17) is 0 Å². The van der Waals surface area contributed by atoms with Crippen molar-refractivity contribution in [1.82, 2.24) is 25.5 Å². The van der Waals surface area contributed by atoms with Gasteiger partial charge in [0.15, 0.2) is 0 Å². The molecule has 1 saturated heterocycles. The summed E-state index contributed by atoms with van der Waals surface area (Å²) in [4.78, 5) is 34.6. The summed E-state index contributed by atoms with van der Waals surface area (Å²) in [7, 11) is 0. The first-order valence-corrected chi connectivity index (χ1v) is 8.95. The molecule has 4 rings (SSSR count). The number of nitrogens with zero attached hydrogens (tertiary/aromatic N) is 2. The number of para-hydroxylation sites is 2. The van der Waals surface area contributed by atoms with Gasteiger partial charge >= 0.3 is 0 Å². The maximum Gasteiger partial charge on any atom is 0.244 e. The molecule has 1 atom stereocenters. The largest absolute Gasteiger partial charge is 0.352 e. The van der Waals surface area contributed by atoms with E-state index in [1.54, 1.807) is 4.90 Å². The van der Waals surface area contributed by atoms with E-state index < -0.39 is 6.04 Å². The van der Waals surface area contributed by atoms with E-state index in [2.05, 4.69) is 20.6 Å². The molecule has 1 aliphatic carbocycles. The number of nitrogens with one attached hydrogen (secondary N) is 3. The molecule has 1 aromatic carbocycles. The van der Waals surface area contributed by atoms with Crippen LogP contribution in [-0.2, 0) is 16.0 Å². The number of amides is 2. The number of piperazine rings is 1. The average Bonchev–Trinajstić information content (AvgIpc) is 3.35. The highest BCUT2D eigenvalue weighted by atomic mass is 16.2. The number of fused-ring (bicyclic) bond motifs is 1. The number of hydrogen-bond donors (Lipinski definition) is 3. The maximum absolute atomic E-state index is 12.7. The van der Waals surface area contributed by atoms with Gasteiger partial charge in [-0.1, -0.05) is 12.1 Å². The summed E-state index contributed by atoms with van der Waals surface area (Å²) in [5.41, 5.74) is 1.89. The number of aryl methyl sites for hydroxylation is 1. The molecule has 0 spiro atoms. The Morgan fingerprint density at radius 1 is 1.28 bits per heavy atom. The van der Waals surface area contributed by atoms with E-state index in [1.807, 2.05) is 24.3 Å². The third kappa shape index (κ3) is 3.66. The number of aromatic amines is 1. The van der Waals surface area contributed by atoms with Crippen LogP contribution < -0.4 is 10.6 Å². The SMILES string of the molecule is O=C(NC1CC1)[C@H]1CNCCN1C(=O)CCc1nc2ccccc2[nH]1. The molecule has 2 amide bonds. The minimum absolute atomic E-state index is 0.0119. The lowest BCUT2D eigenvalue weighted by Gasteiger charge is -2.35. The Balaban J connectivity index is 1.38. The van der Waals surface area contributed by atoms with E-state index in [9.17, 15) is 9.59 Å². The average molecular weight is 341 g/mol. The van der Waals surface area contributed by atoms with Crippen LogP contribution in [0.15, 0.2) is 24.3 Å². The van der Waals surface area contributed by atoms with Crippen molar-refractivity contribution in [3.8, 4) is 0 Å². The first-order valence-electron chi connectivity index (χ1n) is 8.95. The molecule has 1 saturated carbocycles. The number of carbonyl (C=O) groups is 2. The van der Waals surface area contributed by atoms with E-state index in [0.717, 1.165) is 36.2 Å². The Morgan fingerprint density at radius 2 is 2.12 bits per heavy atom. The summed E-state index contributed by atoms with van der Waals surface area (Å²) >= 11 is 0. The first-order chi connectivity index (χ1) is 12.2. The Morgan fingerprint density at radius 3 is 2.92 bits per heavy atom. The van der Waals surface area contributed by atoms with Gasteiger partial charge in [0, 0.05) is 38.5 Å². The highest BCUT2D eigenvalue weighted by Gasteiger charge is 2.34. The van der Waals surface area contributed by atoms with Gasteiger partial charge in [0.1, 0.15) is 11.9 Å². The monoisotopic (exact) mass is 341 g/mol. The predicted octanol–water partition coefficient (Wildman–Crippen LogP) is 0.575. The molecule has 1 aliphatic heterocycles. The van der Waals surface area contributed by atoms with Crippen molar-refractivity contribution in [2.45, 2.75) is 37.8 Å².